The average Bonchev–Trinajstić information content (AvgIpc) is 3.11. The van der Waals surface area contributed by atoms with Crippen LogP contribution in [-0.2, 0) is 4.79 Å². The summed E-state index contributed by atoms with van der Waals surface area (Å²) in [7, 11) is 1.62. The Kier molecular flexibility index (Phi) is 5.63. The smallest absolute Gasteiger partial charge is 0.225 e. The van der Waals surface area contributed by atoms with Crippen molar-refractivity contribution in [2.45, 2.75) is 11.6 Å². The van der Waals surface area contributed by atoms with Gasteiger partial charge in [0.25, 0.3) is 0 Å². The topological polar surface area (TPSA) is 81.9 Å². The van der Waals surface area contributed by atoms with E-state index in [4.69, 9.17) is 4.74 Å². The maximum absolute atomic E-state index is 12.0. The number of para-hydroxylation sites is 1. The van der Waals surface area contributed by atoms with E-state index in [0.29, 0.717) is 17.3 Å². The number of amides is 1. The van der Waals surface area contributed by atoms with Crippen molar-refractivity contribution >= 4 is 23.4 Å². The molecule has 3 aromatic rings. The van der Waals surface area contributed by atoms with Crippen molar-refractivity contribution < 1.29 is 9.53 Å². The Labute approximate surface area is 149 Å². The second kappa shape index (κ2) is 8.29. The fourth-order valence-electron chi connectivity index (χ4n) is 2.13. The fourth-order valence-corrected chi connectivity index (χ4v) is 2.96. The van der Waals surface area contributed by atoms with E-state index in [-0.39, 0.29) is 5.91 Å². The molecule has 0 saturated heterocycles. The van der Waals surface area contributed by atoms with Crippen LogP contribution in [0.2, 0.25) is 0 Å². The number of hydrogen-bond acceptors (Lipinski definition) is 6. The molecule has 0 aliphatic carbocycles. The van der Waals surface area contributed by atoms with Gasteiger partial charge in [-0.2, -0.15) is 4.68 Å². The largest absolute Gasteiger partial charge is 0.497 e. The molecule has 0 atom stereocenters. The van der Waals surface area contributed by atoms with E-state index in [1.165, 1.54) is 11.8 Å². The number of carbonyl (C=O) groups excluding carboxylic acids is 1. The van der Waals surface area contributed by atoms with Gasteiger partial charge in [-0.3, -0.25) is 4.79 Å². The third kappa shape index (κ3) is 4.57. The van der Waals surface area contributed by atoms with E-state index in [1.807, 2.05) is 54.6 Å². The zero-order valence-electron chi connectivity index (χ0n) is 13.6. The number of hydrogen-bond donors (Lipinski definition) is 1. The first kappa shape index (κ1) is 17.0. The van der Waals surface area contributed by atoms with E-state index >= 15 is 0 Å². The highest BCUT2D eigenvalue weighted by atomic mass is 32.2. The standard InChI is InChI=1S/C17H17N5O2S/c1-24-15-9-7-14(8-10-15)22-17(19-20-21-22)25-12-11-16(23)18-13-5-3-2-4-6-13/h2-10H,11-12H2,1H3,(H,18,23). The first-order chi connectivity index (χ1) is 12.3. The minimum Gasteiger partial charge on any atom is -0.497 e. The quantitative estimate of drug-likeness (QED) is 0.656. The van der Waals surface area contributed by atoms with Gasteiger partial charge in [0.05, 0.1) is 12.8 Å². The average molecular weight is 355 g/mol. The highest BCUT2D eigenvalue weighted by Crippen LogP contribution is 2.21. The number of thioether (sulfide) groups is 1. The van der Waals surface area contributed by atoms with Crippen LogP contribution < -0.4 is 10.1 Å². The van der Waals surface area contributed by atoms with Crippen molar-refractivity contribution in [2.75, 3.05) is 18.2 Å². The molecule has 0 spiro atoms. The first-order valence-electron chi connectivity index (χ1n) is 7.67. The SMILES string of the molecule is COc1ccc(-n2nnnc2SCCC(=O)Nc2ccccc2)cc1. The van der Waals surface area contributed by atoms with Crippen LogP contribution in [0.5, 0.6) is 5.75 Å². The maximum atomic E-state index is 12.0. The maximum Gasteiger partial charge on any atom is 0.225 e. The summed E-state index contributed by atoms with van der Waals surface area (Å²) in [4.78, 5) is 12.0. The Bertz CT molecular complexity index is 821. The van der Waals surface area contributed by atoms with Crippen LogP contribution in [0.1, 0.15) is 6.42 Å². The normalized spacial score (nSPS) is 10.4. The predicted octanol–water partition coefficient (Wildman–Crippen LogP) is 2.79. The summed E-state index contributed by atoms with van der Waals surface area (Å²) in [5.41, 5.74) is 1.63. The van der Waals surface area contributed by atoms with Gasteiger partial charge in [0, 0.05) is 17.9 Å². The van der Waals surface area contributed by atoms with Gasteiger partial charge in [-0.25, -0.2) is 0 Å². The van der Waals surface area contributed by atoms with Crippen molar-refractivity contribution in [3.05, 3.63) is 54.6 Å². The third-order valence-electron chi connectivity index (χ3n) is 3.38. The van der Waals surface area contributed by atoms with Gasteiger partial charge in [-0.05, 0) is 46.8 Å². The molecule has 25 heavy (non-hydrogen) atoms. The zero-order chi connectivity index (χ0) is 17.5. The van der Waals surface area contributed by atoms with Gasteiger partial charge >= 0.3 is 0 Å². The van der Waals surface area contributed by atoms with Gasteiger partial charge in [-0.1, -0.05) is 30.0 Å². The van der Waals surface area contributed by atoms with Crippen molar-refractivity contribution in [1.29, 1.82) is 0 Å². The number of tetrazole rings is 1. The molecule has 0 unspecified atom stereocenters. The number of aromatic nitrogens is 4. The van der Waals surface area contributed by atoms with Gasteiger partial charge in [0.15, 0.2) is 0 Å². The Balaban J connectivity index is 1.55. The fraction of sp³-hybridized carbons (Fsp3) is 0.176. The van der Waals surface area contributed by atoms with Crippen LogP contribution in [0, 0.1) is 0 Å². The van der Waals surface area contributed by atoms with Crippen LogP contribution in [0.3, 0.4) is 0 Å². The summed E-state index contributed by atoms with van der Waals surface area (Å²) in [5.74, 6) is 1.31. The summed E-state index contributed by atoms with van der Waals surface area (Å²) in [6.45, 7) is 0. The molecule has 1 N–H and O–H groups in total. The summed E-state index contributed by atoms with van der Waals surface area (Å²) in [5, 5.41) is 15.2. The third-order valence-corrected chi connectivity index (χ3v) is 4.30. The Morgan fingerprint density at radius 1 is 1.16 bits per heavy atom. The number of carbonyl (C=O) groups is 1. The minimum atomic E-state index is -0.0397. The summed E-state index contributed by atoms with van der Waals surface area (Å²) >= 11 is 1.43. The molecule has 0 saturated carbocycles. The number of nitrogens with one attached hydrogen (secondary N) is 1. The molecule has 1 amide bonds. The number of rotatable bonds is 7. The molecule has 2 aromatic carbocycles. The highest BCUT2D eigenvalue weighted by molar-refractivity contribution is 7.99. The molecule has 0 aliphatic rings. The van der Waals surface area contributed by atoms with Gasteiger partial charge in [-0.15, -0.1) is 5.10 Å². The van der Waals surface area contributed by atoms with E-state index in [0.717, 1.165) is 17.1 Å². The molecule has 3 rings (SSSR count). The molecule has 1 heterocycles. The molecular weight excluding hydrogens is 338 g/mol. The highest BCUT2D eigenvalue weighted by Gasteiger charge is 2.10. The molecule has 1 aromatic heterocycles. The number of nitrogens with zero attached hydrogens (tertiary/aromatic N) is 4. The van der Waals surface area contributed by atoms with Gasteiger partial charge in [0.1, 0.15) is 5.75 Å². The van der Waals surface area contributed by atoms with Crippen molar-refractivity contribution in [1.82, 2.24) is 20.2 Å². The molecule has 0 fully saturated rings. The lowest BCUT2D eigenvalue weighted by Crippen LogP contribution is -2.12. The predicted molar refractivity (Wildman–Crippen MR) is 96.1 cm³/mol. The van der Waals surface area contributed by atoms with E-state index in [1.54, 1.807) is 11.8 Å². The van der Waals surface area contributed by atoms with Crippen LogP contribution >= 0.6 is 11.8 Å². The van der Waals surface area contributed by atoms with Crippen LogP contribution in [0.25, 0.3) is 5.69 Å². The Morgan fingerprint density at radius 2 is 1.92 bits per heavy atom. The summed E-state index contributed by atoms with van der Waals surface area (Å²) in [6, 6.07) is 16.8. The van der Waals surface area contributed by atoms with Gasteiger partial charge in [0.2, 0.25) is 11.1 Å². The molecule has 128 valence electrons. The van der Waals surface area contributed by atoms with Gasteiger partial charge < -0.3 is 10.1 Å². The van der Waals surface area contributed by atoms with Crippen LogP contribution in [0.15, 0.2) is 59.8 Å². The van der Waals surface area contributed by atoms with E-state index < -0.39 is 0 Å². The molecule has 7 nitrogen and oxygen atoms in total. The van der Waals surface area contributed by atoms with E-state index in [9.17, 15) is 4.79 Å². The Hall–Kier alpha value is -2.87. The summed E-state index contributed by atoms with van der Waals surface area (Å²) < 4.78 is 6.78. The Morgan fingerprint density at radius 3 is 2.64 bits per heavy atom. The molecule has 0 aliphatic heterocycles. The second-order valence-electron chi connectivity index (χ2n) is 5.08. The number of ether oxygens (including phenoxy) is 1. The minimum absolute atomic E-state index is 0.0397. The lowest BCUT2D eigenvalue weighted by molar-refractivity contribution is -0.115. The number of anilines is 1. The number of methoxy groups -OCH3 is 1. The van der Waals surface area contributed by atoms with Crippen molar-refractivity contribution in [3.8, 4) is 11.4 Å². The lowest BCUT2D eigenvalue weighted by atomic mass is 10.3. The molecule has 0 radical (unpaired) electrons. The molecule has 0 bridgehead atoms. The van der Waals surface area contributed by atoms with Crippen LogP contribution in [0.4, 0.5) is 5.69 Å². The zero-order valence-corrected chi connectivity index (χ0v) is 14.4. The number of benzene rings is 2. The monoisotopic (exact) mass is 355 g/mol. The van der Waals surface area contributed by atoms with Crippen LogP contribution in [-0.4, -0.2) is 39.0 Å². The summed E-state index contributed by atoms with van der Waals surface area (Å²) in [6.07, 6.45) is 0.370. The van der Waals surface area contributed by atoms with E-state index in [2.05, 4.69) is 20.8 Å². The first-order valence-corrected chi connectivity index (χ1v) is 8.65. The lowest BCUT2D eigenvalue weighted by Gasteiger charge is -2.06. The molecule has 8 heteroatoms. The second-order valence-corrected chi connectivity index (χ2v) is 6.15. The van der Waals surface area contributed by atoms with Crippen molar-refractivity contribution in [3.63, 3.8) is 0 Å². The van der Waals surface area contributed by atoms with Crippen molar-refractivity contribution in [2.24, 2.45) is 0 Å². The molecular formula is C17H17N5O2S.